The fraction of sp³-hybridized carbons (Fsp3) is 0. The Kier molecular flexibility index (Phi) is 6.05. The topological polar surface area (TPSA) is 30.7 Å². The third-order valence-electron chi connectivity index (χ3n) is 9.41. The fourth-order valence-corrected chi connectivity index (χ4v) is 8.23. The van der Waals surface area contributed by atoms with Crippen molar-refractivity contribution in [1.29, 1.82) is 0 Å². The number of nitrogens with zero attached hydrogens (tertiary/aromatic N) is 3. The number of aromatic nitrogens is 3. The van der Waals surface area contributed by atoms with Gasteiger partial charge in [-0.3, -0.25) is 4.98 Å². The van der Waals surface area contributed by atoms with Crippen LogP contribution in [0.5, 0.6) is 0 Å². The molecule has 4 heteroatoms. The Labute approximate surface area is 281 Å². The summed E-state index contributed by atoms with van der Waals surface area (Å²) in [6.45, 7) is 0. The van der Waals surface area contributed by atoms with Crippen molar-refractivity contribution in [3.05, 3.63) is 164 Å². The van der Waals surface area contributed by atoms with E-state index in [-0.39, 0.29) is 0 Å². The number of thiophene rings is 1. The van der Waals surface area contributed by atoms with E-state index in [1.165, 1.54) is 43.3 Å². The molecule has 0 unspecified atom stereocenters. The van der Waals surface area contributed by atoms with Gasteiger partial charge in [0.15, 0.2) is 0 Å². The van der Waals surface area contributed by atoms with Crippen LogP contribution < -0.4 is 0 Å². The van der Waals surface area contributed by atoms with Gasteiger partial charge in [0, 0.05) is 32.7 Å². The molecule has 0 saturated heterocycles. The van der Waals surface area contributed by atoms with Crippen molar-refractivity contribution < 1.29 is 0 Å². The van der Waals surface area contributed by atoms with Gasteiger partial charge >= 0.3 is 0 Å². The molecule has 10 rings (SSSR count). The quantitative estimate of drug-likeness (QED) is 0.194. The van der Waals surface area contributed by atoms with Crippen molar-refractivity contribution in [3.63, 3.8) is 0 Å². The average molecular weight is 630 g/mol. The molecule has 0 atom stereocenters. The van der Waals surface area contributed by atoms with Crippen LogP contribution in [-0.4, -0.2) is 14.5 Å². The molecule has 0 amide bonds. The van der Waals surface area contributed by atoms with Gasteiger partial charge in [-0.1, -0.05) is 103 Å². The molecule has 0 saturated carbocycles. The Morgan fingerprint density at radius 1 is 0.458 bits per heavy atom. The molecule has 4 heterocycles. The maximum atomic E-state index is 5.37. The minimum atomic E-state index is 0.978. The molecular weight excluding hydrogens is 603 g/mol. The van der Waals surface area contributed by atoms with E-state index in [1.54, 1.807) is 11.3 Å². The van der Waals surface area contributed by atoms with E-state index in [1.807, 2.05) is 12.3 Å². The fourth-order valence-electron chi connectivity index (χ4n) is 7.17. The molecule has 0 aliphatic rings. The molecule has 224 valence electrons. The minimum absolute atomic E-state index is 0.978. The highest BCUT2D eigenvalue weighted by Gasteiger charge is 2.20. The lowest BCUT2D eigenvalue weighted by Crippen LogP contribution is -1.95. The Morgan fingerprint density at radius 2 is 1.15 bits per heavy atom. The van der Waals surface area contributed by atoms with Gasteiger partial charge in [-0.25, -0.2) is 4.98 Å². The van der Waals surface area contributed by atoms with Crippen molar-refractivity contribution in [2.75, 3.05) is 0 Å². The van der Waals surface area contributed by atoms with Gasteiger partial charge in [0.1, 0.15) is 10.3 Å². The van der Waals surface area contributed by atoms with E-state index in [9.17, 15) is 0 Å². The van der Waals surface area contributed by atoms with Crippen molar-refractivity contribution in [2.24, 2.45) is 0 Å². The van der Waals surface area contributed by atoms with Gasteiger partial charge in [-0.15, -0.1) is 11.3 Å². The smallest absolute Gasteiger partial charge is 0.125 e. The maximum Gasteiger partial charge on any atom is 0.125 e. The lowest BCUT2D eigenvalue weighted by molar-refractivity contribution is 1.18. The SMILES string of the molecule is c1ccc(-c2cc(-c3ccccc3)cc(-c3cccc(-n4c5cc6c(nc5c5c7ncccc7ccc54)sc4ccccc46)c3)c2)cc1. The van der Waals surface area contributed by atoms with Gasteiger partial charge in [0.05, 0.1) is 21.9 Å². The molecule has 48 heavy (non-hydrogen) atoms. The maximum absolute atomic E-state index is 5.37. The predicted molar refractivity (Wildman–Crippen MR) is 203 cm³/mol. The lowest BCUT2D eigenvalue weighted by atomic mass is 9.93. The summed E-state index contributed by atoms with van der Waals surface area (Å²) in [6.07, 6.45) is 1.88. The first-order valence-electron chi connectivity index (χ1n) is 16.2. The molecule has 10 aromatic rings. The third-order valence-corrected chi connectivity index (χ3v) is 10.5. The molecule has 4 aromatic heterocycles. The Bertz CT molecular complexity index is 2770. The number of rotatable bonds is 4. The van der Waals surface area contributed by atoms with Crippen LogP contribution in [0.3, 0.4) is 0 Å². The minimum Gasteiger partial charge on any atom is -0.307 e. The summed E-state index contributed by atoms with van der Waals surface area (Å²) in [6, 6.07) is 56.6. The molecule has 0 bridgehead atoms. The molecule has 0 radical (unpaired) electrons. The van der Waals surface area contributed by atoms with E-state index >= 15 is 0 Å². The molecule has 0 fully saturated rings. The summed E-state index contributed by atoms with van der Waals surface area (Å²) in [7, 11) is 0. The van der Waals surface area contributed by atoms with Gasteiger partial charge in [0.2, 0.25) is 0 Å². The second-order valence-corrected chi connectivity index (χ2v) is 13.3. The first kappa shape index (κ1) is 27.1. The van der Waals surface area contributed by atoms with E-state index in [2.05, 4.69) is 156 Å². The second kappa shape index (κ2) is 10.7. The van der Waals surface area contributed by atoms with Crippen molar-refractivity contribution in [3.8, 4) is 39.1 Å². The summed E-state index contributed by atoms with van der Waals surface area (Å²) < 4.78 is 3.63. The van der Waals surface area contributed by atoms with Crippen molar-refractivity contribution >= 4 is 64.5 Å². The van der Waals surface area contributed by atoms with Crippen LogP contribution >= 0.6 is 11.3 Å². The zero-order chi connectivity index (χ0) is 31.6. The van der Waals surface area contributed by atoms with Crippen LogP contribution in [0.15, 0.2) is 164 Å². The van der Waals surface area contributed by atoms with Crippen molar-refractivity contribution in [2.45, 2.75) is 0 Å². The van der Waals surface area contributed by atoms with Crippen LogP contribution in [0.4, 0.5) is 0 Å². The molecule has 0 N–H and O–H groups in total. The lowest BCUT2D eigenvalue weighted by Gasteiger charge is -2.13. The zero-order valence-corrected chi connectivity index (χ0v) is 26.7. The highest BCUT2D eigenvalue weighted by atomic mass is 32.1. The second-order valence-electron chi connectivity index (χ2n) is 12.3. The molecule has 0 aliphatic carbocycles. The van der Waals surface area contributed by atoms with Crippen LogP contribution in [0, 0.1) is 0 Å². The predicted octanol–water partition coefficient (Wildman–Crippen LogP) is 12.1. The largest absolute Gasteiger partial charge is 0.307 e. The summed E-state index contributed by atoms with van der Waals surface area (Å²) in [5, 5.41) is 4.63. The van der Waals surface area contributed by atoms with Crippen LogP contribution in [0.1, 0.15) is 0 Å². The highest BCUT2D eigenvalue weighted by Crippen LogP contribution is 2.41. The van der Waals surface area contributed by atoms with Crippen molar-refractivity contribution in [1.82, 2.24) is 14.5 Å². The summed E-state index contributed by atoms with van der Waals surface area (Å²) in [4.78, 5) is 11.3. The number of benzene rings is 6. The standard InChI is InChI=1S/C44H27N3S/c1-3-11-28(12-4-1)32-23-33(29-13-5-2-6-14-29)25-34(24-32)31-15-9-17-35(26-31)47-38-21-20-30-16-10-22-45-42(30)41(38)43-39(47)27-37-36-18-7-8-19-40(36)48-44(37)46-43/h1-27H. The van der Waals surface area contributed by atoms with Gasteiger partial charge in [-0.2, -0.15) is 0 Å². The zero-order valence-electron chi connectivity index (χ0n) is 25.8. The van der Waals surface area contributed by atoms with E-state index in [4.69, 9.17) is 9.97 Å². The number of hydrogen-bond acceptors (Lipinski definition) is 3. The van der Waals surface area contributed by atoms with Gasteiger partial charge < -0.3 is 4.57 Å². The third kappa shape index (κ3) is 4.27. The Morgan fingerprint density at radius 3 is 1.92 bits per heavy atom. The number of hydrogen-bond donors (Lipinski definition) is 0. The van der Waals surface area contributed by atoms with E-state index in [0.717, 1.165) is 48.9 Å². The molecule has 0 spiro atoms. The molecule has 6 aromatic carbocycles. The molecular formula is C44H27N3S. The number of pyridine rings is 2. The summed E-state index contributed by atoms with van der Waals surface area (Å²) >= 11 is 1.75. The Balaban J connectivity index is 1.24. The van der Waals surface area contributed by atoms with E-state index in [0.29, 0.717) is 0 Å². The highest BCUT2D eigenvalue weighted by molar-refractivity contribution is 7.25. The Hall–Kier alpha value is -6.10. The monoisotopic (exact) mass is 629 g/mol. The first-order chi connectivity index (χ1) is 23.8. The number of fused-ring (bicyclic) bond motifs is 8. The summed E-state index contributed by atoms with van der Waals surface area (Å²) in [5.74, 6) is 0. The van der Waals surface area contributed by atoms with Gasteiger partial charge in [0.25, 0.3) is 0 Å². The van der Waals surface area contributed by atoms with Gasteiger partial charge in [-0.05, 0) is 88.0 Å². The first-order valence-corrected chi connectivity index (χ1v) is 17.0. The summed E-state index contributed by atoms with van der Waals surface area (Å²) in [5.41, 5.74) is 12.4. The van der Waals surface area contributed by atoms with E-state index < -0.39 is 0 Å². The van der Waals surface area contributed by atoms with Crippen LogP contribution in [0.2, 0.25) is 0 Å². The average Bonchev–Trinajstić information content (AvgIpc) is 3.69. The van der Waals surface area contributed by atoms with Crippen LogP contribution in [-0.2, 0) is 0 Å². The van der Waals surface area contributed by atoms with Crippen LogP contribution in [0.25, 0.3) is 92.2 Å². The normalized spacial score (nSPS) is 11.8. The molecule has 0 aliphatic heterocycles. The molecule has 3 nitrogen and oxygen atoms in total.